The minimum Gasteiger partial charge on any atom is -0.480 e. The Bertz CT molecular complexity index is 1260. The van der Waals surface area contributed by atoms with E-state index in [2.05, 4.69) is 19.8 Å². The molecule has 0 aliphatic heterocycles. The van der Waals surface area contributed by atoms with Gasteiger partial charge >= 0.3 is 0 Å². The molecule has 0 saturated heterocycles. The molecule has 0 unspecified atom stereocenters. The lowest BCUT2D eigenvalue weighted by molar-refractivity contribution is 0.400. The Labute approximate surface area is 161 Å². The highest BCUT2D eigenvalue weighted by Crippen LogP contribution is 2.32. The molecule has 12 heteroatoms. The van der Waals surface area contributed by atoms with Gasteiger partial charge in [0.2, 0.25) is 10.8 Å². The predicted octanol–water partition coefficient (Wildman–Crippen LogP) is 2.94. The molecule has 1 aromatic carbocycles. The summed E-state index contributed by atoms with van der Waals surface area (Å²) in [5, 5.41) is 4.88. The molecule has 144 valence electrons. The molecule has 4 rings (SSSR count). The summed E-state index contributed by atoms with van der Waals surface area (Å²) in [7, 11) is -3.04. The summed E-state index contributed by atoms with van der Waals surface area (Å²) < 4.78 is 61.0. The normalized spacial score (nSPS) is 11.7. The third-order valence-electron chi connectivity index (χ3n) is 3.69. The molecular weight excluding hydrogens is 412 g/mol. The van der Waals surface area contributed by atoms with Gasteiger partial charge in [0.15, 0.2) is 0 Å². The van der Waals surface area contributed by atoms with Gasteiger partial charge in [0.25, 0.3) is 10.0 Å². The number of hydrogen-bond acceptors (Lipinski definition) is 7. The number of aromatic nitrogens is 4. The number of imidazole rings is 1. The zero-order chi connectivity index (χ0) is 19.9. The molecule has 3 aromatic heterocycles. The third kappa shape index (κ3) is 3.27. The van der Waals surface area contributed by atoms with Gasteiger partial charge in [-0.05, 0) is 18.2 Å². The first-order valence-corrected chi connectivity index (χ1v) is 10.00. The van der Waals surface area contributed by atoms with Crippen molar-refractivity contribution in [3.63, 3.8) is 0 Å². The molecular formula is C16H11F2N5O3S2. The minimum absolute atomic E-state index is 0.0171. The first-order valence-electron chi connectivity index (χ1n) is 7.70. The van der Waals surface area contributed by atoms with Crippen molar-refractivity contribution < 1.29 is 21.9 Å². The van der Waals surface area contributed by atoms with E-state index in [1.54, 1.807) is 16.9 Å². The van der Waals surface area contributed by atoms with Gasteiger partial charge in [-0.2, -0.15) is 5.10 Å². The van der Waals surface area contributed by atoms with Crippen LogP contribution in [0.5, 0.6) is 5.88 Å². The third-order valence-corrected chi connectivity index (χ3v) is 6.08. The topological polar surface area (TPSA) is 98.5 Å². The maximum Gasteiger partial charge on any atom is 0.264 e. The van der Waals surface area contributed by atoms with E-state index in [-0.39, 0.29) is 11.6 Å². The Balaban J connectivity index is 1.74. The smallest absolute Gasteiger partial charge is 0.264 e. The quantitative estimate of drug-likeness (QED) is 0.530. The summed E-state index contributed by atoms with van der Waals surface area (Å²) in [6, 6.07) is 3.65. The molecule has 0 spiro atoms. The SMILES string of the molecule is COc1ncc(-c2nn3ccnc3s2)cc1NS(=O)(=O)c1ccc(F)cc1F. The molecule has 0 radical (unpaired) electrons. The molecule has 0 bridgehead atoms. The van der Waals surface area contributed by atoms with Crippen molar-refractivity contribution >= 4 is 32.0 Å². The highest BCUT2D eigenvalue weighted by atomic mass is 32.2. The Hall–Kier alpha value is -3.12. The van der Waals surface area contributed by atoms with E-state index in [0.717, 1.165) is 12.1 Å². The summed E-state index contributed by atoms with van der Waals surface area (Å²) in [5.41, 5.74) is 0.491. The van der Waals surface area contributed by atoms with Crippen LogP contribution in [0.3, 0.4) is 0 Å². The van der Waals surface area contributed by atoms with Gasteiger partial charge in [-0.15, -0.1) is 0 Å². The summed E-state index contributed by atoms with van der Waals surface area (Å²) in [5.74, 6) is -2.11. The summed E-state index contributed by atoms with van der Waals surface area (Å²) >= 11 is 1.28. The van der Waals surface area contributed by atoms with Crippen LogP contribution in [0.1, 0.15) is 0 Å². The number of anilines is 1. The maximum absolute atomic E-state index is 13.9. The number of halogens is 2. The van der Waals surface area contributed by atoms with Gasteiger partial charge in [-0.25, -0.2) is 31.7 Å². The Kier molecular flexibility index (Phi) is 4.43. The van der Waals surface area contributed by atoms with Gasteiger partial charge in [-0.1, -0.05) is 11.3 Å². The van der Waals surface area contributed by atoms with Crippen LogP contribution in [0.4, 0.5) is 14.5 Å². The van der Waals surface area contributed by atoms with Gasteiger partial charge in [-0.3, -0.25) is 4.72 Å². The van der Waals surface area contributed by atoms with Gasteiger partial charge in [0.1, 0.15) is 27.2 Å². The fourth-order valence-electron chi connectivity index (χ4n) is 2.45. The summed E-state index contributed by atoms with van der Waals surface area (Å²) in [6.07, 6.45) is 4.74. The second-order valence-corrected chi connectivity index (χ2v) is 8.13. The first-order chi connectivity index (χ1) is 13.4. The maximum atomic E-state index is 13.9. The van der Waals surface area contributed by atoms with Crippen LogP contribution in [0.15, 0.2) is 47.8 Å². The van der Waals surface area contributed by atoms with Gasteiger partial charge < -0.3 is 4.74 Å². The van der Waals surface area contributed by atoms with E-state index in [9.17, 15) is 17.2 Å². The number of nitrogens with one attached hydrogen (secondary N) is 1. The Morgan fingerprint density at radius 2 is 2.04 bits per heavy atom. The van der Waals surface area contributed by atoms with Gasteiger partial charge in [0.05, 0.1) is 13.3 Å². The molecule has 1 N–H and O–H groups in total. The number of sulfonamides is 1. The zero-order valence-electron chi connectivity index (χ0n) is 14.1. The van der Waals surface area contributed by atoms with Crippen molar-refractivity contribution in [1.82, 2.24) is 19.6 Å². The summed E-state index contributed by atoms with van der Waals surface area (Å²) in [4.78, 5) is 8.16. The van der Waals surface area contributed by atoms with Crippen molar-refractivity contribution in [3.8, 4) is 16.5 Å². The minimum atomic E-state index is -4.35. The molecule has 3 heterocycles. The van der Waals surface area contributed by atoms with E-state index < -0.39 is 26.6 Å². The average molecular weight is 423 g/mol. The van der Waals surface area contributed by atoms with Crippen molar-refractivity contribution in [2.75, 3.05) is 11.8 Å². The van der Waals surface area contributed by atoms with Crippen molar-refractivity contribution in [2.45, 2.75) is 4.90 Å². The molecule has 4 aromatic rings. The predicted molar refractivity (Wildman–Crippen MR) is 97.8 cm³/mol. The van der Waals surface area contributed by atoms with Crippen LogP contribution < -0.4 is 9.46 Å². The number of hydrogen-bond donors (Lipinski definition) is 1. The van der Waals surface area contributed by atoms with E-state index in [4.69, 9.17) is 4.74 Å². The molecule has 0 aliphatic carbocycles. The number of methoxy groups -OCH3 is 1. The highest BCUT2D eigenvalue weighted by Gasteiger charge is 2.22. The number of rotatable bonds is 5. The largest absolute Gasteiger partial charge is 0.480 e. The zero-order valence-corrected chi connectivity index (χ0v) is 15.8. The molecule has 8 nitrogen and oxygen atoms in total. The van der Waals surface area contributed by atoms with E-state index in [1.807, 2.05) is 0 Å². The molecule has 0 atom stereocenters. The lowest BCUT2D eigenvalue weighted by Gasteiger charge is -2.12. The van der Waals surface area contributed by atoms with Crippen LogP contribution in [0, 0.1) is 11.6 Å². The van der Waals surface area contributed by atoms with Gasteiger partial charge in [0, 0.05) is 24.0 Å². The lowest BCUT2D eigenvalue weighted by Crippen LogP contribution is -2.15. The molecule has 0 aliphatic rings. The second kappa shape index (κ2) is 6.80. The van der Waals surface area contributed by atoms with Crippen LogP contribution in [0.25, 0.3) is 15.5 Å². The van der Waals surface area contributed by atoms with E-state index >= 15 is 0 Å². The monoisotopic (exact) mass is 423 g/mol. The van der Waals surface area contributed by atoms with Crippen molar-refractivity contribution in [3.05, 3.63) is 54.5 Å². The lowest BCUT2D eigenvalue weighted by atomic mass is 10.3. The van der Waals surface area contributed by atoms with E-state index in [1.165, 1.54) is 30.7 Å². The number of fused-ring (bicyclic) bond motifs is 1. The number of nitrogens with zero attached hydrogens (tertiary/aromatic N) is 4. The molecule has 0 fully saturated rings. The van der Waals surface area contributed by atoms with Crippen LogP contribution in [0.2, 0.25) is 0 Å². The number of pyridine rings is 1. The van der Waals surface area contributed by atoms with Crippen molar-refractivity contribution in [2.24, 2.45) is 0 Å². The van der Waals surface area contributed by atoms with E-state index in [0.29, 0.717) is 21.6 Å². The van der Waals surface area contributed by atoms with Crippen LogP contribution >= 0.6 is 11.3 Å². The fraction of sp³-hybridized carbons (Fsp3) is 0.0625. The van der Waals surface area contributed by atoms with Crippen LogP contribution in [-0.2, 0) is 10.0 Å². The summed E-state index contributed by atoms with van der Waals surface area (Å²) in [6.45, 7) is 0. The Morgan fingerprint density at radius 1 is 1.21 bits per heavy atom. The van der Waals surface area contributed by atoms with Crippen LogP contribution in [-0.4, -0.2) is 35.1 Å². The molecule has 0 amide bonds. The fourth-order valence-corrected chi connectivity index (χ4v) is 4.40. The highest BCUT2D eigenvalue weighted by molar-refractivity contribution is 7.92. The number of ether oxygens (including phenoxy) is 1. The number of benzene rings is 1. The standard InChI is InChI=1S/C16H11F2N5O3S2/c1-26-14-12(22-28(24,25)13-3-2-10(17)7-11(13)18)6-9(8-20-14)15-21-23-5-4-19-16(23)27-15/h2-8,22H,1H3. The molecule has 28 heavy (non-hydrogen) atoms. The Morgan fingerprint density at radius 3 is 2.75 bits per heavy atom. The second-order valence-electron chi connectivity index (χ2n) is 5.52. The van der Waals surface area contributed by atoms with Crippen molar-refractivity contribution in [1.29, 1.82) is 0 Å². The first kappa shape index (κ1) is 18.3. The average Bonchev–Trinajstić information content (AvgIpc) is 3.23. The molecule has 0 saturated carbocycles.